The van der Waals surface area contributed by atoms with Gasteiger partial charge in [-0.2, -0.15) is 0 Å². The third kappa shape index (κ3) is 3.44. The Morgan fingerprint density at radius 2 is 2.05 bits per heavy atom. The van der Waals surface area contributed by atoms with Gasteiger partial charge in [0.2, 0.25) is 0 Å². The largest absolute Gasteiger partial charge is 0.483 e. The molecule has 2 aromatic carbocycles. The fourth-order valence-electron chi connectivity index (χ4n) is 7.50. The highest BCUT2D eigenvalue weighted by Crippen LogP contribution is 2.65. The topological polar surface area (TPSA) is 79.3 Å². The second kappa shape index (κ2) is 9.00. The van der Waals surface area contributed by atoms with Gasteiger partial charge in [-0.25, -0.2) is 0 Å². The van der Waals surface area contributed by atoms with E-state index in [1.54, 1.807) is 18.0 Å². The van der Waals surface area contributed by atoms with E-state index < -0.39 is 23.1 Å². The van der Waals surface area contributed by atoms with Crippen LogP contribution in [0.5, 0.6) is 11.5 Å². The standard InChI is InChI=1S/C31H32N2O5/c1-4-17-33-18-16-30-27-22-11-12-24(37-20(2)34)28(27)38-29(30)23(14-15-31(30,36)25(33)19-22)32(3)26(35)13-10-21-8-6-5-7-9-21/h4-9,11-12,23,25,29,36H,1,14-19H2,2-3H3/t23-,25-,29+,30+,31-/m1/s1. The lowest BCUT2D eigenvalue weighted by molar-refractivity contribution is -0.197. The van der Waals surface area contributed by atoms with Gasteiger partial charge < -0.3 is 19.5 Å². The number of rotatable bonds is 4. The summed E-state index contributed by atoms with van der Waals surface area (Å²) in [5.41, 5.74) is 1.04. The SMILES string of the molecule is C=CCN1CC[C@]23c4c5ccc(OC(C)=O)c4O[C@H]2[C@H](N(C)C(=O)C#Cc2ccccc2)CC[C@@]3(O)[C@H]1C5. The number of piperidine rings is 1. The number of carbonyl (C=O) groups is 2. The first-order valence-electron chi connectivity index (χ1n) is 13.2. The minimum atomic E-state index is -1.05. The van der Waals surface area contributed by atoms with Gasteiger partial charge in [0.1, 0.15) is 6.10 Å². The molecule has 4 aliphatic rings. The first kappa shape index (κ1) is 24.7. The van der Waals surface area contributed by atoms with E-state index in [1.165, 1.54) is 6.92 Å². The lowest BCUT2D eigenvalue weighted by Crippen LogP contribution is -2.78. The van der Waals surface area contributed by atoms with E-state index in [-0.39, 0.29) is 18.0 Å². The molecule has 1 N–H and O–H groups in total. The molecule has 1 saturated heterocycles. The van der Waals surface area contributed by atoms with Crippen LogP contribution in [0.4, 0.5) is 0 Å². The second-order valence-electron chi connectivity index (χ2n) is 10.8. The van der Waals surface area contributed by atoms with E-state index in [9.17, 15) is 14.7 Å². The van der Waals surface area contributed by atoms with Gasteiger partial charge in [-0.3, -0.25) is 14.5 Å². The summed E-state index contributed by atoms with van der Waals surface area (Å²) in [5.74, 6) is 5.92. The molecule has 0 unspecified atom stereocenters. The Balaban J connectivity index is 1.43. The van der Waals surface area contributed by atoms with E-state index in [4.69, 9.17) is 9.47 Å². The van der Waals surface area contributed by atoms with Gasteiger partial charge in [-0.15, -0.1) is 6.58 Å². The summed E-state index contributed by atoms with van der Waals surface area (Å²) >= 11 is 0. The lowest BCUT2D eigenvalue weighted by atomic mass is 9.48. The van der Waals surface area contributed by atoms with Gasteiger partial charge in [0, 0.05) is 43.6 Å². The van der Waals surface area contributed by atoms with Crippen LogP contribution < -0.4 is 9.47 Å². The zero-order chi connectivity index (χ0) is 26.7. The Morgan fingerprint density at radius 3 is 2.79 bits per heavy atom. The summed E-state index contributed by atoms with van der Waals surface area (Å²) in [6.45, 7) is 6.77. The summed E-state index contributed by atoms with van der Waals surface area (Å²) in [6, 6.07) is 12.8. The maximum Gasteiger partial charge on any atom is 0.308 e. The molecule has 2 fully saturated rings. The smallest absolute Gasteiger partial charge is 0.308 e. The highest BCUT2D eigenvalue weighted by molar-refractivity contribution is 5.94. The number of benzene rings is 2. The Kier molecular flexibility index (Phi) is 5.86. The maximum atomic E-state index is 13.3. The number of hydrogen-bond acceptors (Lipinski definition) is 6. The van der Waals surface area contributed by atoms with Crippen LogP contribution in [-0.2, 0) is 21.4 Å². The summed E-state index contributed by atoms with van der Waals surface area (Å²) < 4.78 is 12.3. The zero-order valence-corrected chi connectivity index (χ0v) is 21.8. The van der Waals surface area contributed by atoms with E-state index in [1.807, 2.05) is 42.5 Å². The Morgan fingerprint density at radius 1 is 1.26 bits per heavy atom. The van der Waals surface area contributed by atoms with Gasteiger partial charge in [0.05, 0.1) is 17.1 Å². The Labute approximate surface area is 223 Å². The first-order valence-corrected chi connectivity index (χ1v) is 13.2. The van der Waals surface area contributed by atoms with Gasteiger partial charge in [0.15, 0.2) is 11.5 Å². The molecule has 1 spiro atoms. The first-order chi connectivity index (χ1) is 18.3. The highest BCUT2D eigenvalue weighted by atomic mass is 16.6. The van der Waals surface area contributed by atoms with E-state index in [0.29, 0.717) is 43.7 Å². The number of nitrogens with zero attached hydrogens (tertiary/aromatic N) is 2. The molecule has 2 heterocycles. The number of ether oxygens (including phenoxy) is 2. The zero-order valence-electron chi connectivity index (χ0n) is 21.8. The molecule has 2 bridgehead atoms. The summed E-state index contributed by atoms with van der Waals surface area (Å²) in [5, 5.41) is 12.6. The summed E-state index contributed by atoms with van der Waals surface area (Å²) in [6.07, 6.45) is 3.83. The number of likely N-dealkylation sites (tertiary alicyclic amines) is 1. The van der Waals surface area contributed by atoms with Crippen LogP contribution >= 0.6 is 0 Å². The minimum Gasteiger partial charge on any atom is -0.483 e. The van der Waals surface area contributed by atoms with Crippen molar-refractivity contribution in [3.05, 3.63) is 71.8 Å². The van der Waals surface area contributed by atoms with Crippen LogP contribution in [0.25, 0.3) is 0 Å². The molecule has 1 saturated carbocycles. The molecule has 38 heavy (non-hydrogen) atoms. The number of carbonyl (C=O) groups excluding carboxylic acids is 2. The van der Waals surface area contributed by atoms with Crippen LogP contribution in [-0.4, -0.2) is 70.7 Å². The molecule has 6 rings (SSSR count). The Hall–Kier alpha value is -3.60. The van der Waals surface area contributed by atoms with Crippen molar-refractivity contribution in [3.63, 3.8) is 0 Å². The number of aliphatic hydroxyl groups is 1. The molecule has 0 radical (unpaired) electrons. The third-order valence-corrected chi connectivity index (χ3v) is 9.05. The van der Waals surface area contributed by atoms with Gasteiger partial charge in [-0.05, 0) is 56.0 Å². The second-order valence-corrected chi connectivity index (χ2v) is 10.8. The van der Waals surface area contributed by atoms with Crippen molar-refractivity contribution in [2.75, 3.05) is 20.1 Å². The van der Waals surface area contributed by atoms with Crippen molar-refractivity contribution in [1.82, 2.24) is 9.80 Å². The molecular formula is C31H32N2O5. The fraction of sp³-hybridized carbons (Fsp3) is 0.419. The third-order valence-electron chi connectivity index (χ3n) is 9.05. The molecule has 5 atom stereocenters. The molecule has 196 valence electrons. The molecule has 0 aromatic heterocycles. The molecule has 2 aromatic rings. The molecule has 2 aliphatic heterocycles. The van der Waals surface area contributed by atoms with Crippen LogP contribution in [0.2, 0.25) is 0 Å². The van der Waals surface area contributed by atoms with Crippen LogP contribution in [0.15, 0.2) is 55.1 Å². The molecule has 7 nitrogen and oxygen atoms in total. The number of hydrogen-bond donors (Lipinski definition) is 1. The molecule has 7 heteroatoms. The lowest BCUT2D eigenvalue weighted by Gasteiger charge is -2.64. The number of esters is 1. The average molecular weight is 513 g/mol. The highest BCUT2D eigenvalue weighted by Gasteiger charge is 2.73. The molecule has 1 amide bonds. The normalized spacial score (nSPS) is 30.2. The predicted molar refractivity (Wildman–Crippen MR) is 142 cm³/mol. The number of likely N-dealkylation sites (N-methyl/N-ethyl adjacent to an activating group) is 1. The van der Waals surface area contributed by atoms with Crippen LogP contribution in [0.1, 0.15) is 42.9 Å². The monoisotopic (exact) mass is 512 g/mol. The fourth-order valence-corrected chi connectivity index (χ4v) is 7.50. The van der Waals surface area contributed by atoms with Crippen molar-refractivity contribution in [2.45, 2.75) is 61.8 Å². The van der Waals surface area contributed by atoms with Crippen LogP contribution in [0, 0.1) is 11.8 Å². The van der Waals surface area contributed by atoms with E-state index in [0.717, 1.165) is 23.2 Å². The molecule has 2 aliphatic carbocycles. The quantitative estimate of drug-likeness (QED) is 0.294. The van der Waals surface area contributed by atoms with Crippen molar-refractivity contribution in [3.8, 4) is 23.3 Å². The van der Waals surface area contributed by atoms with Crippen molar-refractivity contribution in [2.24, 2.45) is 0 Å². The average Bonchev–Trinajstić information content (AvgIpc) is 3.25. The van der Waals surface area contributed by atoms with Crippen molar-refractivity contribution in [1.29, 1.82) is 0 Å². The van der Waals surface area contributed by atoms with E-state index >= 15 is 0 Å². The Bertz CT molecular complexity index is 1380. The van der Waals surface area contributed by atoms with E-state index in [2.05, 4.69) is 23.3 Å². The maximum absolute atomic E-state index is 13.3. The summed E-state index contributed by atoms with van der Waals surface area (Å²) in [4.78, 5) is 29.2. The van der Waals surface area contributed by atoms with Crippen LogP contribution in [0.3, 0.4) is 0 Å². The van der Waals surface area contributed by atoms with Crippen molar-refractivity contribution < 1.29 is 24.2 Å². The number of amides is 1. The summed E-state index contributed by atoms with van der Waals surface area (Å²) in [7, 11) is 1.76. The van der Waals surface area contributed by atoms with Gasteiger partial charge >= 0.3 is 5.97 Å². The minimum absolute atomic E-state index is 0.0989. The van der Waals surface area contributed by atoms with Gasteiger partial charge in [-0.1, -0.05) is 36.3 Å². The van der Waals surface area contributed by atoms with Crippen molar-refractivity contribution >= 4 is 11.9 Å². The molecular weight excluding hydrogens is 480 g/mol. The van der Waals surface area contributed by atoms with Gasteiger partial charge in [0.25, 0.3) is 5.91 Å². The predicted octanol–water partition coefficient (Wildman–Crippen LogP) is 2.83.